The Morgan fingerprint density at radius 3 is 1.23 bits per heavy atom. The number of nitrogens with zero attached hydrogens (tertiary/aromatic N) is 1. The van der Waals surface area contributed by atoms with Gasteiger partial charge in [0.15, 0.2) is 0 Å². The number of hydrogen-bond acceptors (Lipinski definition) is 1. The van der Waals surface area contributed by atoms with Gasteiger partial charge in [0, 0.05) is 15.9 Å². The number of hydrogen-bond donors (Lipinski definition) is 0. The first-order valence-corrected chi connectivity index (χ1v) is 13.7. The second-order valence-electron chi connectivity index (χ2n) is 6.62. The summed E-state index contributed by atoms with van der Waals surface area (Å²) in [6, 6.07) is 40.7. The number of aryl methyl sites for hydroxylation is 1. The van der Waals surface area contributed by atoms with E-state index in [-0.39, 0.29) is 0 Å². The molecule has 5 heteroatoms. The van der Waals surface area contributed by atoms with Gasteiger partial charge in [-0.05, 0) is 19.1 Å². The average molecular weight is 502 g/mol. The van der Waals surface area contributed by atoms with Crippen LogP contribution in [-0.2, 0) is 13.1 Å². The molecule has 1 nitrogen and oxygen atoms in total. The minimum atomic E-state index is -2.17. The summed E-state index contributed by atoms with van der Waals surface area (Å²) in [5.41, 5.74) is 2.27. The van der Waals surface area contributed by atoms with Gasteiger partial charge in [-0.2, -0.15) is 0 Å². The van der Waals surface area contributed by atoms with Gasteiger partial charge in [-0.1, -0.05) is 109 Å². The zero-order chi connectivity index (χ0) is 21.2. The molecule has 0 heterocycles. The van der Waals surface area contributed by atoms with Crippen LogP contribution in [0, 0.1) is 6.92 Å². The zero-order valence-corrected chi connectivity index (χ0v) is 19.8. The first kappa shape index (κ1) is 22.9. The minimum absolute atomic E-state index is 0.757. The van der Waals surface area contributed by atoms with Crippen molar-refractivity contribution in [3.63, 3.8) is 0 Å². The Bertz CT molecular complexity index is 983. The molecule has 0 aromatic heterocycles. The van der Waals surface area contributed by atoms with Crippen molar-refractivity contribution in [1.29, 1.82) is 0 Å². The van der Waals surface area contributed by atoms with Crippen molar-refractivity contribution >= 4 is 48.9 Å². The van der Waals surface area contributed by atoms with Crippen molar-refractivity contribution in [2.75, 3.05) is 0 Å². The van der Waals surface area contributed by atoms with Crippen molar-refractivity contribution in [3.05, 3.63) is 121 Å². The Morgan fingerprint density at radius 2 is 0.900 bits per heavy atom. The molecule has 0 radical (unpaired) electrons. The summed E-state index contributed by atoms with van der Waals surface area (Å²) >= 11 is 0.757. The van der Waals surface area contributed by atoms with E-state index in [0.29, 0.717) is 0 Å². The first-order valence-electron chi connectivity index (χ1n) is 9.38. The van der Waals surface area contributed by atoms with Crippen LogP contribution in [0.15, 0.2) is 120 Å². The normalized spacial score (nSPS) is 10.8. The van der Waals surface area contributed by atoms with Gasteiger partial charge in [0.05, 0.1) is 12.7 Å². The molecular weight excluding hydrogens is 480 g/mol. The fourth-order valence-electron chi connectivity index (χ4n) is 3.34. The van der Waals surface area contributed by atoms with E-state index in [4.69, 9.17) is 4.74 Å². The Labute approximate surface area is 193 Å². The van der Waals surface area contributed by atoms with Crippen LogP contribution < -0.4 is 15.9 Å². The maximum atomic E-state index is 5.45. The van der Waals surface area contributed by atoms with Gasteiger partial charge in [-0.25, -0.2) is 0 Å². The Morgan fingerprint density at radius 1 is 0.567 bits per heavy atom. The van der Waals surface area contributed by atoms with Crippen LogP contribution in [0.3, 0.4) is 0 Å². The van der Waals surface area contributed by atoms with Crippen LogP contribution in [0.1, 0.15) is 5.56 Å². The molecule has 4 aromatic carbocycles. The van der Waals surface area contributed by atoms with Gasteiger partial charge < -0.3 is 0 Å². The summed E-state index contributed by atoms with van der Waals surface area (Å²) in [6.07, 6.45) is 0. The van der Waals surface area contributed by atoms with Crippen LogP contribution in [0.5, 0.6) is 0 Å². The maximum absolute atomic E-state index is 5.45. The molecule has 0 bridgehead atoms. The fourth-order valence-corrected chi connectivity index (χ4v) is 6.87. The summed E-state index contributed by atoms with van der Waals surface area (Å²) in [5, 5.41) is 3.80. The molecule has 0 spiro atoms. The van der Waals surface area contributed by atoms with E-state index in [9.17, 15) is 0 Å². The topological polar surface area (TPSA) is 12.4 Å². The molecule has 4 rings (SSSR count). The molecule has 0 amide bonds. The second-order valence-corrected chi connectivity index (χ2v) is 11.2. The van der Waals surface area contributed by atoms with Gasteiger partial charge in [0.2, 0.25) is 0 Å². The van der Waals surface area contributed by atoms with E-state index in [0.717, 1.165) is 18.8 Å². The van der Waals surface area contributed by atoms with Crippen molar-refractivity contribution in [3.8, 4) is 0 Å². The molecule has 0 aliphatic rings. The van der Waals surface area contributed by atoms with E-state index < -0.39 is 7.05 Å². The molecule has 0 atom stereocenters. The average Bonchev–Trinajstić information content (AvgIpc) is 2.81. The van der Waals surface area contributed by atoms with Crippen LogP contribution in [0.2, 0.25) is 0 Å². The zero-order valence-electron chi connectivity index (χ0n) is 16.4. The molecule has 30 heavy (non-hydrogen) atoms. The third kappa shape index (κ3) is 5.46. The third-order valence-electron chi connectivity index (χ3n) is 4.69. The number of benzene rings is 4. The van der Waals surface area contributed by atoms with E-state index in [1.165, 1.54) is 21.5 Å². The molecule has 0 fully saturated rings. The summed E-state index contributed by atoms with van der Waals surface area (Å²) in [7, 11) is 7.18. The van der Waals surface area contributed by atoms with E-state index in [1.54, 1.807) is 0 Å². The number of rotatable bonds is 4. The van der Waals surface area contributed by atoms with Crippen LogP contribution >= 0.6 is 27.3 Å². The third-order valence-corrected chi connectivity index (χ3v) is 8.36. The van der Waals surface area contributed by atoms with Crippen molar-refractivity contribution in [2.24, 2.45) is 4.74 Å². The Kier molecular flexibility index (Phi) is 8.82. The van der Waals surface area contributed by atoms with Crippen LogP contribution in [0.4, 0.5) is 5.69 Å². The molecule has 0 aliphatic heterocycles. The summed E-state index contributed by atoms with van der Waals surface area (Å²) in [5.74, 6) is 0. The summed E-state index contributed by atoms with van der Waals surface area (Å²) < 4.78 is 5.45. The van der Waals surface area contributed by atoms with Gasteiger partial charge in [-0.15, -0.1) is 0 Å². The standard InChI is InChI=1S/C25H22NP.2ClH.Cu/c1-21-17-19-22(20-18-21)26-27(23-11-5-2-6-12-23,24-13-7-3-8-14-24)25-15-9-4-10-16-25;;;/h2-20H,1H3;2*1H;/q;;;+2/p-2. The molecule has 4 aromatic rings. The molecular formula is C25H22Cl2CuNP. The molecule has 0 unspecified atom stereocenters. The predicted molar refractivity (Wildman–Crippen MR) is 130 cm³/mol. The van der Waals surface area contributed by atoms with E-state index >= 15 is 0 Å². The first-order chi connectivity index (χ1) is 14.7. The number of halogens is 2. The molecule has 0 aliphatic carbocycles. The monoisotopic (exact) mass is 500 g/mol. The van der Waals surface area contributed by atoms with Crippen molar-refractivity contribution in [1.82, 2.24) is 0 Å². The van der Waals surface area contributed by atoms with Gasteiger partial charge >= 0.3 is 33.3 Å². The molecule has 0 saturated heterocycles. The van der Waals surface area contributed by atoms with Crippen LogP contribution in [-0.4, -0.2) is 0 Å². The Hall–Kier alpha value is -1.79. The summed E-state index contributed by atoms with van der Waals surface area (Å²) in [6.45, 7) is 2.11. The molecule has 0 N–H and O–H groups in total. The van der Waals surface area contributed by atoms with Gasteiger partial charge in [-0.3, -0.25) is 4.74 Å². The van der Waals surface area contributed by atoms with Crippen molar-refractivity contribution in [2.45, 2.75) is 6.92 Å². The molecule has 157 valence electrons. The molecule has 0 saturated carbocycles. The summed E-state index contributed by atoms with van der Waals surface area (Å²) in [4.78, 5) is 0. The second kappa shape index (κ2) is 11.6. The Balaban J connectivity index is 0.000000806. The predicted octanol–water partition coefficient (Wildman–Crippen LogP) is 7.18. The SMILES string of the molecule is Cc1ccc(N=P(c2ccccc2)(c2ccccc2)c2ccccc2)cc1.[Cl][Cu][Cl]. The quantitative estimate of drug-likeness (QED) is 0.207. The van der Waals surface area contributed by atoms with E-state index in [1.807, 2.05) is 0 Å². The van der Waals surface area contributed by atoms with Gasteiger partial charge in [0.1, 0.15) is 0 Å². The van der Waals surface area contributed by atoms with Gasteiger partial charge in [0.25, 0.3) is 0 Å². The van der Waals surface area contributed by atoms with E-state index in [2.05, 4.69) is 142 Å². The fraction of sp³-hybridized carbons (Fsp3) is 0.0400. The van der Waals surface area contributed by atoms with Crippen molar-refractivity contribution < 1.29 is 13.1 Å². The van der Waals surface area contributed by atoms with Crippen LogP contribution in [0.25, 0.3) is 0 Å².